The Kier molecular flexibility index (Phi) is 7.81. The van der Waals surface area contributed by atoms with Gasteiger partial charge in [0.2, 0.25) is 5.91 Å². The van der Waals surface area contributed by atoms with Gasteiger partial charge in [0, 0.05) is 25.2 Å². The van der Waals surface area contributed by atoms with Crippen LogP contribution in [0.3, 0.4) is 0 Å². The van der Waals surface area contributed by atoms with E-state index >= 15 is 0 Å². The van der Waals surface area contributed by atoms with Crippen molar-refractivity contribution in [3.63, 3.8) is 0 Å². The van der Waals surface area contributed by atoms with Gasteiger partial charge < -0.3 is 10.2 Å². The summed E-state index contributed by atoms with van der Waals surface area (Å²) in [5.41, 5.74) is 0. The monoisotopic (exact) mass is 384 g/mol. The Balaban J connectivity index is 1.97. The van der Waals surface area contributed by atoms with E-state index in [1.54, 1.807) is 6.07 Å². The van der Waals surface area contributed by atoms with Crippen LogP contribution in [-0.2, 0) is 4.79 Å². The number of thioether (sulfide) groups is 1. The Hall–Kier alpha value is -1.01. The number of hydrogen-bond donors (Lipinski definition) is 1. The third kappa shape index (κ3) is 6.33. The van der Waals surface area contributed by atoms with Crippen LogP contribution in [-0.4, -0.2) is 40.8 Å². The first-order valence-corrected chi connectivity index (χ1v) is 10.4. The Labute approximate surface area is 160 Å². The molecule has 0 saturated heterocycles. The van der Waals surface area contributed by atoms with Gasteiger partial charge in [-0.15, -0.1) is 0 Å². The zero-order valence-corrected chi connectivity index (χ0v) is 17.2. The maximum atomic E-state index is 12.1. The molecule has 1 amide bonds. The molecule has 0 aromatic carbocycles. The second-order valence-corrected chi connectivity index (χ2v) is 8.45. The van der Waals surface area contributed by atoms with Crippen LogP contribution in [0.2, 0.25) is 5.15 Å². The average Bonchev–Trinajstić information content (AvgIpc) is 2.59. The van der Waals surface area contributed by atoms with Crippen molar-refractivity contribution in [1.82, 2.24) is 15.3 Å². The Morgan fingerprint density at radius 2 is 2.00 bits per heavy atom. The van der Waals surface area contributed by atoms with E-state index in [4.69, 9.17) is 11.6 Å². The fourth-order valence-corrected chi connectivity index (χ4v) is 3.77. The van der Waals surface area contributed by atoms with Gasteiger partial charge in [-0.2, -0.15) is 0 Å². The zero-order chi connectivity index (χ0) is 18.4. The Morgan fingerprint density at radius 3 is 2.64 bits per heavy atom. The molecular weight excluding hydrogens is 356 g/mol. The number of carbonyl (C=O) groups is 1. The van der Waals surface area contributed by atoms with E-state index < -0.39 is 0 Å². The van der Waals surface area contributed by atoms with E-state index in [1.807, 2.05) is 6.92 Å². The highest BCUT2D eigenvalue weighted by Crippen LogP contribution is 2.27. The number of carbonyl (C=O) groups excluding carboxylic acids is 1. The number of anilines is 1. The minimum Gasteiger partial charge on any atom is -0.357 e. The van der Waals surface area contributed by atoms with E-state index in [9.17, 15) is 4.79 Å². The van der Waals surface area contributed by atoms with E-state index in [0.29, 0.717) is 28.0 Å². The minimum absolute atomic E-state index is 0.00281. The number of halogens is 1. The lowest BCUT2D eigenvalue weighted by molar-refractivity contribution is -0.119. The van der Waals surface area contributed by atoms with Crippen molar-refractivity contribution >= 4 is 35.1 Å². The largest absolute Gasteiger partial charge is 0.357 e. The smallest absolute Gasteiger partial charge is 0.230 e. The molecule has 0 spiro atoms. The molecule has 140 valence electrons. The molecule has 1 N–H and O–H groups in total. The first kappa shape index (κ1) is 20.3. The predicted octanol–water partition coefficient (Wildman–Crippen LogP) is 4.15. The molecule has 0 bridgehead atoms. The second-order valence-electron chi connectivity index (χ2n) is 7.12. The third-order valence-electron chi connectivity index (χ3n) is 4.87. The third-order valence-corrected chi connectivity index (χ3v) is 5.91. The summed E-state index contributed by atoms with van der Waals surface area (Å²) in [4.78, 5) is 23.1. The molecule has 5 nitrogen and oxygen atoms in total. The van der Waals surface area contributed by atoms with Gasteiger partial charge in [-0.1, -0.05) is 56.5 Å². The first-order chi connectivity index (χ1) is 11.9. The molecule has 1 saturated carbocycles. The van der Waals surface area contributed by atoms with Gasteiger partial charge in [-0.05, 0) is 25.7 Å². The van der Waals surface area contributed by atoms with Crippen LogP contribution in [0.15, 0.2) is 11.2 Å². The van der Waals surface area contributed by atoms with E-state index in [1.165, 1.54) is 43.9 Å². The van der Waals surface area contributed by atoms with Crippen molar-refractivity contribution in [2.24, 2.45) is 5.92 Å². The highest BCUT2D eigenvalue weighted by Gasteiger charge is 2.20. The molecule has 2 rings (SSSR count). The second kappa shape index (κ2) is 9.62. The highest BCUT2D eigenvalue weighted by molar-refractivity contribution is 7.99. The fourth-order valence-electron chi connectivity index (χ4n) is 2.88. The normalized spacial score (nSPS) is 16.7. The topological polar surface area (TPSA) is 58.1 Å². The molecule has 1 aliphatic carbocycles. The molecule has 1 atom stereocenters. The molecule has 7 heteroatoms. The molecule has 25 heavy (non-hydrogen) atoms. The van der Waals surface area contributed by atoms with Gasteiger partial charge >= 0.3 is 0 Å². The van der Waals surface area contributed by atoms with Crippen molar-refractivity contribution in [2.75, 3.05) is 17.7 Å². The molecule has 1 heterocycles. The van der Waals surface area contributed by atoms with E-state index in [2.05, 4.69) is 41.1 Å². The van der Waals surface area contributed by atoms with Gasteiger partial charge in [-0.3, -0.25) is 4.79 Å². The van der Waals surface area contributed by atoms with Crippen LogP contribution in [0.5, 0.6) is 0 Å². The zero-order valence-electron chi connectivity index (χ0n) is 15.6. The minimum atomic E-state index is -0.00281. The quantitative estimate of drug-likeness (QED) is 0.434. The van der Waals surface area contributed by atoms with Crippen LogP contribution in [0.4, 0.5) is 5.82 Å². The molecule has 0 radical (unpaired) electrons. The summed E-state index contributed by atoms with van der Waals surface area (Å²) in [5.74, 6) is 1.54. The number of nitrogens with zero attached hydrogens (tertiary/aromatic N) is 3. The lowest BCUT2D eigenvalue weighted by atomic mass is 9.94. The van der Waals surface area contributed by atoms with Crippen molar-refractivity contribution in [3.05, 3.63) is 11.2 Å². The predicted molar refractivity (Wildman–Crippen MR) is 105 cm³/mol. The lowest BCUT2D eigenvalue weighted by Gasteiger charge is -2.32. The molecular formula is C18H29ClN4OS. The summed E-state index contributed by atoms with van der Waals surface area (Å²) in [6.07, 6.45) is 6.24. The van der Waals surface area contributed by atoms with Gasteiger partial charge in [-0.25, -0.2) is 9.97 Å². The Morgan fingerprint density at radius 1 is 1.32 bits per heavy atom. The van der Waals surface area contributed by atoms with E-state index in [-0.39, 0.29) is 11.9 Å². The lowest BCUT2D eigenvalue weighted by Crippen LogP contribution is -2.37. The summed E-state index contributed by atoms with van der Waals surface area (Å²) >= 11 is 7.51. The van der Waals surface area contributed by atoms with Crippen LogP contribution in [0.1, 0.15) is 52.9 Å². The van der Waals surface area contributed by atoms with E-state index in [0.717, 1.165) is 5.82 Å². The molecule has 1 aliphatic rings. The molecule has 1 unspecified atom stereocenters. The summed E-state index contributed by atoms with van der Waals surface area (Å²) in [7, 11) is 2.07. The summed E-state index contributed by atoms with van der Waals surface area (Å²) in [6.45, 7) is 6.19. The van der Waals surface area contributed by atoms with Crippen LogP contribution in [0, 0.1) is 5.92 Å². The van der Waals surface area contributed by atoms with Crippen LogP contribution in [0.25, 0.3) is 0 Å². The number of nitrogens with one attached hydrogen (secondary N) is 1. The molecule has 1 aromatic rings. The average molecular weight is 385 g/mol. The number of amides is 1. The standard InChI is InChI=1S/C18H29ClN4OS/c1-12(2)13(3)20-17(24)11-25-18-21-15(19)10-16(22-18)23(4)14-8-6-5-7-9-14/h10,12-14H,5-9,11H2,1-4H3,(H,20,24). The van der Waals surface area contributed by atoms with Crippen molar-refractivity contribution in [2.45, 2.75) is 70.1 Å². The van der Waals surface area contributed by atoms with Crippen LogP contribution < -0.4 is 10.2 Å². The van der Waals surface area contributed by atoms with Gasteiger partial charge in [0.15, 0.2) is 5.16 Å². The van der Waals surface area contributed by atoms with Crippen molar-refractivity contribution < 1.29 is 4.79 Å². The molecule has 1 aromatic heterocycles. The summed E-state index contributed by atoms with van der Waals surface area (Å²) in [6, 6.07) is 2.47. The number of rotatable bonds is 7. The molecule has 0 aliphatic heterocycles. The summed E-state index contributed by atoms with van der Waals surface area (Å²) in [5, 5.41) is 3.97. The maximum Gasteiger partial charge on any atom is 0.230 e. The highest BCUT2D eigenvalue weighted by atomic mass is 35.5. The van der Waals surface area contributed by atoms with Gasteiger partial charge in [0.25, 0.3) is 0 Å². The van der Waals surface area contributed by atoms with Crippen molar-refractivity contribution in [1.29, 1.82) is 0 Å². The number of aromatic nitrogens is 2. The SMILES string of the molecule is CC(C)C(C)NC(=O)CSc1nc(Cl)cc(N(C)C2CCCCC2)n1. The van der Waals surface area contributed by atoms with Gasteiger partial charge in [0.05, 0.1) is 5.75 Å². The molecule has 1 fully saturated rings. The number of hydrogen-bond acceptors (Lipinski definition) is 5. The fraction of sp³-hybridized carbons (Fsp3) is 0.722. The Bertz CT molecular complexity index is 578. The van der Waals surface area contributed by atoms with Gasteiger partial charge in [0.1, 0.15) is 11.0 Å². The van der Waals surface area contributed by atoms with Crippen molar-refractivity contribution in [3.8, 4) is 0 Å². The van der Waals surface area contributed by atoms with Crippen LogP contribution >= 0.6 is 23.4 Å². The summed E-state index contributed by atoms with van der Waals surface area (Å²) < 4.78 is 0. The first-order valence-electron chi connectivity index (χ1n) is 9.06. The maximum absolute atomic E-state index is 12.1.